The first kappa shape index (κ1) is 18.4. The molecule has 0 atom stereocenters. The van der Waals surface area contributed by atoms with Gasteiger partial charge in [0.05, 0.1) is 5.69 Å². The monoisotopic (exact) mass is 357 g/mol. The summed E-state index contributed by atoms with van der Waals surface area (Å²) in [5, 5.41) is 8.90. The molecule has 0 N–H and O–H groups in total. The molecule has 3 rings (SSSR count). The predicted octanol–water partition coefficient (Wildman–Crippen LogP) is 1.55. The van der Waals surface area contributed by atoms with Crippen molar-refractivity contribution < 1.29 is 0 Å². The second kappa shape index (κ2) is 7.05. The molecule has 0 spiro atoms. The topological polar surface area (TPSA) is 73.0 Å². The van der Waals surface area contributed by atoms with Crippen LogP contribution in [-0.2, 0) is 19.0 Å². The maximum absolute atomic E-state index is 12.2. The van der Waals surface area contributed by atoms with Gasteiger partial charge in [0.15, 0.2) is 0 Å². The van der Waals surface area contributed by atoms with E-state index in [4.69, 9.17) is 0 Å². The smallest absolute Gasteiger partial charge is 0.266 e. The third kappa shape index (κ3) is 4.03. The van der Waals surface area contributed by atoms with Crippen molar-refractivity contribution in [3.05, 3.63) is 50.7 Å². The summed E-state index contributed by atoms with van der Waals surface area (Å²) in [6.07, 6.45) is 1.94. The molecule has 26 heavy (non-hydrogen) atoms. The summed E-state index contributed by atoms with van der Waals surface area (Å²) < 4.78 is 2.98. The number of aromatic nitrogens is 4. The molecule has 7 heteroatoms. The molecule has 1 fully saturated rings. The van der Waals surface area contributed by atoms with Crippen molar-refractivity contribution in [2.45, 2.75) is 45.6 Å². The van der Waals surface area contributed by atoms with E-state index in [1.807, 2.05) is 6.07 Å². The fraction of sp³-hybridized carbons (Fsp3) is 0.579. The molecule has 0 aromatic carbocycles. The minimum absolute atomic E-state index is 0.0415. The van der Waals surface area contributed by atoms with Crippen LogP contribution < -0.4 is 16.0 Å². The van der Waals surface area contributed by atoms with Crippen molar-refractivity contribution in [3.63, 3.8) is 0 Å². The number of piperidine rings is 1. The molecule has 0 saturated carbocycles. The van der Waals surface area contributed by atoms with Crippen molar-refractivity contribution in [2.75, 3.05) is 18.0 Å². The van der Waals surface area contributed by atoms with Crippen molar-refractivity contribution in [2.24, 2.45) is 13.0 Å². The van der Waals surface area contributed by atoms with Gasteiger partial charge >= 0.3 is 0 Å². The molecular formula is C19H27N5O2. The molecule has 7 nitrogen and oxygen atoms in total. The maximum Gasteiger partial charge on any atom is 0.266 e. The van der Waals surface area contributed by atoms with Gasteiger partial charge in [0.1, 0.15) is 5.82 Å². The maximum atomic E-state index is 12.2. The van der Waals surface area contributed by atoms with Crippen LogP contribution in [0.2, 0.25) is 0 Å². The van der Waals surface area contributed by atoms with Crippen LogP contribution in [-0.4, -0.2) is 32.7 Å². The van der Waals surface area contributed by atoms with Crippen LogP contribution in [0.5, 0.6) is 0 Å². The SMILES string of the molecule is Cn1nc(N2CCC(Cn3nc(C(C)(C)C)ccc3=O)CC2)ccc1=O. The standard InChI is InChI=1S/C19H27N5O2/c1-19(2,3)15-5-7-18(26)24(20-15)13-14-9-11-23(12-10-14)16-6-8-17(25)22(4)21-16/h5-8,14H,9-13H2,1-4H3. The molecular weight excluding hydrogens is 330 g/mol. The number of anilines is 1. The third-order valence-electron chi connectivity index (χ3n) is 4.95. The molecule has 1 aliphatic heterocycles. The van der Waals surface area contributed by atoms with Gasteiger partial charge in [0.25, 0.3) is 11.1 Å². The van der Waals surface area contributed by atoms with Gasteiger partial charge in [-0.2, -0.15) is 10.2 Å². The van der Waals surface area contributed by atoms with Gasteiger partial charge in [-0.05, 0) is 30.9 Å². The Balaban J connectivity index is 1.66. The van der Waals surface area contributed by atoms with E-state index in [1.54, 1.807) is 29.9 Å². The zero-order chi connectivity index (χ0) is 18.9. The van der Waals surface area contributed by atoms with E-state index in [0.717, 1.165) is 37.4 Å². The lowest BCUT2D eigenvalue weighted by atomic mass is 9.92. The summed E-state index contributed by atoms with van der Waals surface area (Å²) in [5.74, 6) is 1.25. The summed E-state index contributed by atoms with van der Waals surface area (Å²) in [6, 6.07) is 6.78. The average Bonchev–Trinajstić information content (AvgIpc) is 2.59. The number of hydrogen-bond acceptors (Lipinski definition) is 5. The van der Waals surface area contributed by atoms with Crippen molar-refractivity contribution in [1.82, 2.24) is 19.6 Å². The summed E-state index contributed by atoms with van der Waals surface area (Å²) >= 11 is 0. The van der Waals surface area contributed by atoms with Crippen LogP contribution in [0.4, 0.5) is 5.82 Å². The van der Waals surface area contributed by atoms with Gasteiger partial charge in [0, 0.05) is 44.2 Å². The van der Waals surface area contributed by atoms with Crippen molar-refractivity contribution in [3.8, 4) is 0 Å². The minimum Gasteiger partial charge on any atom is -0.355 e. The fourth-order valence-corrected chi connectivity index (χ4v) is 3.23. The van der Waals surface area contributed by atoms with E-state index >= 15 is 0 Å². The Bertz CT molecular complexity index is 886. The highest BCUT2D eigenvalue weighted by atomic mass is 16.1. The minimum atomic E-state index is -0.104. The van der Waals surface area contributed by atoms with E-state index in [-0.39, 0.29) is 16.5 Å². The molecule has 0 bridgehead atoms. The Morgan fingerprint density at radius 2 is 1.65 bits per heavy atom. The Hall–Kier alpha value is -2.44. The largest absolute Gasteiger partial charge is 0.355 e. The van der Waals surface area contributed by atoms with Crippen LogP contribution in [0, 0.1) is 5.92 Å². The zero-order valence-electron chi connectivity index (χ0n) is 16.0. The quantitative estimate of drug-likeness (QED) is 0.833. The highest BCUT2D eigenvalue weighted by Gasteiger charge is 2.23. The van der Waals surface area contributed by atoms with Crippen LogP contribution in [0.1, 0.15) is 39.3 Å². The Morgan fingerprint density at radius 3 is 2.27 bits per heavy atom. The second-order valence-electron chi connectivity index (χ2n) is 8.07. The van der Waals surface area contributed by atoms with E-state index < -0.39 is 0 Å². The van der Waals surface area contributed by atoms with E-state index in [0.29, 0.717) is 12.5 Å². The first-order chi connectivity index (χ1) is 12.2. The second-order valence-corrected chi connectivity index (χ2v) is 8.07. The number of rotatable bonds is 3. The van der Waals surface area contributed by atoms with Crippen molar-refractivity contribution in [1.29, 1.82) is 0 Å². The normalized spacial score (nSPS) is 16.1. The molecule has 0 amide bonds. The van der Waals surface area contributed by atoms with Gasteiger partial charge < -0.3 is 4.90 Å². The molecule has 0 aliphatic carbocycles. The molecule has 1 aliphatic rings. The molecule has 2 aromatic heterocycles. The van der Waals surface area contributed by atoms with Gasteiger partial charge in [-0.1, -0.05) is 20.8 Å². The molecule has 1 saturated heterocycles. The highest BCUT2D eigenvalue weighted by Crippen LogP contribution is 2.23. The molecule has 0 radical (unpaired) electrons. The first-order valence-electron chi connectivity index (χ1n) is 9.12. The average molecular weight is 357 g/mol. The molecule has 3 heterocycles. The molecule has 0 unspecified atom stereocenters. The van der Waals surface area contributed by atoms with Gasteiger partial charge in [-0.25, -0.2) is 9.36 Å². The third-order valence-corrected chi connectivity index (χ3v) is 4.95. The first-order valence-corrected chi connectivity index (χ1v) is 9.12. The van der Waals surface area contributed by atoms with Crippen LogP contribution in [0.3, 0.4) is 0 Å². The summed E-state index contributed by atoms with van der Waals surface area (Å²) in [7, 11) is 1.67. The van der Waals surface area contributed by atoms with Gasteiger partial charge in [-0.15, -0.1) is 0 Å². The fourth-order valence-electron chi connectivity index (χ4n) is 3.23. The number of hydrogen-bond donors (Lipinski definition) is 0. The van der Waals surface area contributed by atoms with Crippen LogP contribution >= 0.6 is 0 Å². The number of nitrogens with zero attached hydrogens (tertiary/aromatic N) is 5. The highest BCUT2D eigenvalue weighted by molar-refractivity contribution is 5.36. The summed E-state index contributed by atoms with van der Waals surface area (Å²) in [6.45, 7) is 8.68. The van der Waals surface area contributed by atoms with Gasteiger partial charge in [-0.3, -0.25) is 9.59 Å². The van der Waals surface area contributed by atoms with E-state index in [9.17, 15) is 9.59 Å². The zero-order valence-corrected chi connectivity index (χ0v) is 16.0. The summed E-state index contributed by atoms with van der Waals surface area (Å²) in [5.41, 5.74) is 0.713. The van der Waals surface area contributed by atoms with Crippen LogP contribution in [0.25, 0.3) is 0 Å². The van der Waals surface area contributed by atoms with E-state index in [2.05, 4.69) is 35.9 Å². The summed E-state index contributed by atoms with van der Waals surface area (Å²) in [4.78, 5) is 25.8. The molecule has 140 valence electrons. The Kier molecular flexibility index (Phi) is 4.98. The molecule has 2 aromatic rings. The van der Waals surface area contributed by atoms with Crippen LogP contribution in [0.15, 0.2) is 33.9 Å². The lowest BCUT2D eigenvalue weighted by Gasteiger charge is -2.32. The Labute approximate surface area is 153 Å². The van der Waals surface area contributed by atoms with Gasteiger partial charge in [0.2, 0.25) is 0 Å². The number of aryl methyl sites for hydroxylation is 1. The lowest BCUT2D eigenvalue weighted by molar-refractivity contribution is 0.329. The lowest BCUT2D eigenvalue weighted by Crippen LogP contribution is -2.38. The van der Waals surface area contributed by atoms with Crippen molar-refractivity contribution >= 4 is 5.82 Å². The Morgan fingerprint density at radius 1 is 1.00 bits per heavy atom. The predicted molar refractivity (Wildman–Crippen MR) is 102 cm³/mol. The van der Waals surface area contributed by atoms with E-state index in [1.165, 1.54) is 4.68 Å².